The van der Waals surface area contributed by atoms with E-state index in [0.29, 0.717) is 0 Å². The molecule has 0 saturated carbocycles. The van der Waals surface area contributed by atoms with E-state index in [9.17, 15) is 4.79 Å². The number of hydrogen-bond acceptors (Lipinski definition) is 4. The molecular weight excluding hydrogens is 304 g/mol. The van der Waals surface area contributed by atoms with Gasteiger partial charge in [0.15, 0.2) is 0 Å². The molecule has 1 N–H and O–H groups in total. The lowest BCUT2D eigenvalue weighted by molar-refractivity contribution is -0.111. The number of aromatic nitrogens is 2. The molecule has 128 valence electrons. The molecule has 3 rings (SSSR count). The third-order valence-electron chi connectivity index (χ3n) is 4.64. The van der Waals surface area contributed by atoms with Crippen LogP contribution in [-0.2, 0) is 16.6 Å². The summed E-state index contributed by atoms with van der Waals surface area (Å²) in [5.41, 5.74) is 3.70. The number of rotatable bonds is 4. The molecule has 1 fully saturated rings. The van der Waals surface area contributed by atoms with E-state index in [1.54, 1.807) is 7.11 Å². The molecule has 6 nitrogen and oxygen atoms in total. The first-order valence-corrected chi connectivity index (χ1v) is 8.21. The number of imidazole rings is 1. The Kier molecular flexibility index (Phi) is 4.57. The van der Waals surface area contributed by atoms with Gasteiger partial charge in [-0.05, 0) is 43.5 Å². The van der Waals surface area contributed by atoms with Crippen LogP contribution >= 0.6 is 0 Å². The van der Waals surface area contributed by atoms with E-state index < -0.39 is 0 Å². The lowest BCUT2D eigenvalue weighted by atomic mass is 10.1. The van der Waals surface area contributed by atoms with E-state index in [1.807, 2.05) is 20.0 Å². The van der Waals surface area contributed by atoms with Crippen LogP contribution in [0.4, 0.5) is 11.6 Å². The number of benzene rings is 1. The van der Waals surface area contributed by atoms with E-state index >= 15 is 0 Å². The van der Waals surface area contributed by atoms with Crippen molar-refractivity contribution < 1.29 is 9.53 Å². The fourth-order valence-electron chi connectivity index (χ4n) is 3.24. The highest BCUT2D eigenvalue weighted by molar-refractivity contribution is 6.00. The fraction of sp³-hybridized carbons (Fsp3) is 0.444. The summed E-state index contributed by atoms with van der Waals surface area (Å²) >= 11 is 0. The minimum absolute atomic E-state index is 0.215. The van der Waals surface area contributed by atoms with Gasteiger partial charge in [-0.3, -0.25) is 4.79 Å². The van der Waals surface area contributed by atoms with Gasteiger partial charge in [-0.25, -0.2) is 4.98 Å². The topological polar surface area (TPSA) is 59.4 Å². The van der Waals surface area contributed by atoms with Gasteiger partial charge in [-0.2, -0.15) is 0 Å². The van der Waals surface area contributed by atoms with Gasteiger partial charge < -0.3 is 19.5 Å². The molecular formula is C18H24N4O2. The quantitative estimate of drug-likeness (QED) is 0.877. The van der Waals surface area contributed by atoms with Crippen LogP contribution in [0.3, 0.4) is 0 Å². The van der Waals surface area contributed by atoms with Gasteiger partial charge in [0.05, 0.1) is 17.1 Å². The van der Waals surface area contributed by atoms with Crippen molar-refractivity contribution in [3.05, 3.63) is 30.4 Å². The van der Waals surface area contributed by atoms with Crippen molar-refractivity contribution in [1.29, 1.82) is 0 Å². The number of anilines is 2. The van der Waals surface area contributed by atoms with Gasteiger partial charge >= 0.3 is 0 Å². The molecule has 1 aliphatic heterocycles. The first kappa shape index (κ1) is 16.5. The number of carbonyl (C=O) groups excluding carboxylic acids is 1. The number of fused-ring (bicyclic) bond motifs is 1. The smallest absolute Gasteiger partial charge is 0.247 e. The van der Waals surface area contributed by atoms with Crippen LogP contribution in [-0.4, -0.2) is 41.8 Å². The number of amides is 1. The molecule has 0 spiro atoms. The Labute approximate surface area is 142 Å². The summed E-state index contributed by atoms with van der Waals surface area (Å²) in [5.74, 6) is 0.728. The number of hydrogen-bond donors (Lipinski definition) is 1. The Morgan fingerprint density at radius 2 is 2.29 bits per heavy atom. The summed E-state index contributed by atoms with van der Waals surface area (Å²) in [6.07, 6.45) is 3.71. The summed E-state index contributed by atoms with van der Waals surface area (Å²) in [4.78, 5) is 18.6. The SMILES string of the molecule is C=CC(=O)Nc1cc2nc(N3CCCC(OC)C3)n(C)c2cc1C. The van der Waals surface area contributed by atoms with E-state index in [4.69, 9.17) is 9.72 Å². The summed E-state index contributed by atoms with van der Waals surface area (Å²) in [7, 11) is 3.80. The van der Waals surface area contributed by atoms with Crippen LogP contribution in [0, 0.1) is 6.92 Å². The molecule has 0 bridgehead atoms. The third-order valence-corrected chi connectivity index (χ3v) is 4.64. The van der Waals surface area contributed by atoms with Crippen LogP contribution in [0.2, 0.25) is 0 Å². The van der Waals surface area contributed by atoms with Crippen molar-refractivity contribution in [2.75, 3.05) is 30.4 Å². The first-order chi connectivity index (χ1) is 11.5. The summed E-state index contributed by atoms with van der Waals surface area (Å²) < 4.78 is 7.63. The lowest BCUT2D eigenvalue weighted by Gasteiger charge is -2.32. The van der Waals surface area contributed by atoms with Crippen LogP contribution in [0.1, 0.15) is 18.4 Å². The largest absolute Gasteiger partial charge is 0.380 e. The summed E-state index contributed by atoms with van der Waals surface area (Å²) in [6, 6.07) is 3.98. The van der Waals surface area contributed by atoms with Crippen molar-refractivity contribution in [1.82, 2.24) is 9.55 Å². The van der Waals surface area contributed by atoms with E-state index in [2.05, 4.69) is 27.4 Å². The summed E-state index contributed by atoms with van der Waals surface area (Å²) in [5, 5.41) is 2.84. The van der Waals surface area contributed by atoms with Crippen LogP contribution in [0.15, 0.2) is 24.8 Å². The highest BCUT2D eigenvalue weighted by Gasteiger charge is 2.23. The molecule has 0 radical (unpaired) electrons. The summed E-state index contributed by atoms with van der Waals surface area (Å²) in [6.45, 7) is 7.31. The van der Waals surface area contributed by atoms with Crippen LogP contribution in [0.5, 0.6) is 0 Å². The highest BCUT2D eigenvalue weighted by Crippen LogP contribution is 2.28. The number of nitrogens with zero attached hydrogens (tertiary/aromatic N) is 3. The predicted molar refractivity (Wildman–Crippen MR) is 96.5 cm³/mol. The average molecular weight is 328 g/mol. The van der Waals surface area contributed by atoms with Crippen molar-refractivity contribution in [3.63, 3.8) is 0 Å². The zero-order chi connectivity index (χ0) is 17.3. The standard InChI is InChI=1S/C18H24N4O2/c1-5-17(23)19-14-10-15-16(9-12(14)2)21(3)18(20-15)22-8-6-7-13(11-22)24-4/h5,9-10,13H,1,6-8,11H2,2-4H3,(H,19,23). The third kappa shape index (κ3) is 3.01. The van der Waals surface area contributed by atoms with Crippen LogP contribution < -0.4 is 10.2 Å². The van der Waals surface area contributed by atoms with Crippen molar-refractivity contribution in [2.24, 2.45) is 7.05 Å². The van der Waals surface area contributed by atoms with E-state index in [-0.39, 0.29) is 12.0 Å². The normalized spacial score (nSPS) is 18.0. The second-order valence-electron chi connectivity index (χ2n) is 6.27. The van der Waals surface area contributed by atoms with Crippen LogP contribution in [0.25, 0.3) is 11.0 Å². The van der Waals surface area contributed by atoms with E-state index in [1.165, 1.54) is 6.08 Å². The Bertz CT molecular complexity index is 781. The maximum Gasteiger partial charge on any atom is 0.247 e. The first-order valence-electron chi connectivity index (χ1n) is 8.21. The predicted octanol–water partition coefficient (Wildman–Crippen LogP) is 2.62. The Hall–Kier alpha value is -2.34. The van der Waals surface area contributed by atoms with E-state index in [0.717, 1.165) is 54.2 Å². The van der Waals surface area contributed by atoms with Crippen molar-refractivity contribution in [2.45, 2.75) is 25.9 Å². The Morgan fingerprint density at radius 1 is 1.50 bits per heavy atom. The maximum atomic E-state index is 11.6. The molecule has 2 heterocycles. The Balaban J connectivity index is 1.97. The number of ether oxygens (including phenoxy) is 1. The lowest BCUT2D eigenvalue weighted by Crippen LogP contribution is -2.40. The van der Waals surface area contributed by atoms with Gasteiger partial charge in [-0.1, -0.05) is 6.58 Å². The van der Waals surface area contributed by atoms with Crippen molar-refractivity contribution >= 4 is 28.6 Å². The number of piperidine rings is 1. The maximum absolute atomic E-state index is 11.6. The molecule has 1 aromatic heterocycles. The molecule has 2 aromatic rings. The fourth-order valence-corrected chi connectivity index (χ4v) is 3.24. The molecule has 1 atom stereocenters. The van der Waals surface area contributed by atoms with Gasteiger partial charge in [0.2, 0.25) is 11.9 Å². The zero-order valence-electron chi connectivity index (χ0n) is 14.5. The molecule has 1 aliphatic rings. The minimum Gasteiger partial charge on any atom is -0.380 e. The molecule has 24 heavy (non-hydrogen) atoms. The molecule has 6 heteroatoms. The monoisotopic (exact) mass is 328 g/mol. The molecule has 0 aliphatic carbocycles. The average Bonchev–Trinajstić information content (AvgIpc) is 2.91. The van der Waals surface area contributed by atoms with Gasteiger partial charge in [-0.15, -0.1) is 0 Å². The molecule has 1 amide bonds. The number of nitrogens with one attached hydrogen (secondary N) is 1. The molecule has 1 saturated heterocycles. The van der Waals surface area contributed by atoms with Crippen molar-refractivity contribution in [3.8, 4) is 0 Å². The molecule has 1 aromatic carbocycles. The van der Waals surface area contributed by atoms with Gasteiger partial charge in [0.1, 0.15) is 0 Å². The highest BCUT2D eigenvalue weighted by atomic mass is 16.5. The van der Waals surface area contributed by atoms with Gasteiger partial charge in [0.25, 0.3) is 0 Å². The zero-order valence-corrected chi connectivity index (χ0v) is 14.5. The molecule has 1 unspecified atom stereocenters. The minimum atomic E-state index is -0.215. The number of aryl methyl sites for hydroxylation is 2. The number of methoxy groups -OCH3 is 1. The Morgan fingerprint density at radius 3 is 3.00 bits per heavy atom. The second kappa shape index (κ2) is 6.65. The number of carbonyl (C=O) groups is 1. The van der Waals surface area contributed by atoms with Gasteiger partial charge in [0, 0.05) is 32.9 Å². The second-order valence-corrected chi connectivity index (χ2v) is 6.27.